The van der Waals surface area contributed by atoms with Crippen molar-refractivity contribution in [2.75, 3.05) is 6.54 Å². The fourth-order valence-electron chi connectivity index (χ4n) is 3.45. The zero-order valence-corrected chi connectivity index (χ0v) is 15.7. The molecule has 26 heavy (non-hydrogen) atoms. The van der Waals surface area contributed by atoms with Crippen LogP contribution in [0.1, 0.15) is 55.2 Å². The standard InChI is InChI=1S/C23H28N2O/c1-3-4-7-14-24-23(26)15-20(18-12-10-17(2)11-13-18)21-16-25-22-9-6-5-8-19(21)22/h5-6,8-13,16,20,25H,3-4,7,14-15H2,1-2H3,(H,24,26)/t20-/m1/s1. The van der Waals surface area contributed by atoms with Crippen LogP contribution in [0.4, 0.5) is 0 Å². The Bertz CT molecular complexity index is 848. The van der Waals surface area contributed by atoms with Gasteiger partial charge in [-0.3, -0.25) is 4.79 Å². The topological polar surface area (TPSA) is 44.9 Å². The van der Waals surface area contributed by atoms with E-state index in [0.29, 0.717) is 6.42 Å². The monoisotopic (exact) mass is 348 g/mol. The van der Waals surface area contributed by atoms with Gasteiger partial charge in [-0.05, 0) is 30.5 Å². The highest BCUT2D eigenvalue weighted by molar-refractivity contribution is 5.86. The molecule has 0 fully saturated rings. The molecule has 0 aliphatic heterocycles. The lowest BCUT2D eigenvalue weighted by atomic mass is 9.87. The number of benzene rings is 2. The third kappa shape index (κ3) is 4.34. The molecule has 0 bridgehead atoms. The average molecular weight is 348 g/mol. The number of hydrogen-bond donors (Lipinski definition) is 2. The second-order valence-electron chi connectivity index (χ2n) is 7.01. The van der Waals surface area contributed by atoms with Gasteiger partial charge in [0, 0.05) is 36.0 Å². The average Bonchev–Trinajstić information content (AvgIpc) is 3.08. The van der Waals surface area contributed by atoms with Crippen molar-refractivity contribution in [3.8, 4) is 0 Å². The van der Waals surface area contributed by atoms with Crippen molar-refractivity contribution in [3.05, 3.63) is 71.4 Å². The number of nitrogens with one attached hydrogen (secondary N) is 2. The highest BCUT2D eigenvalue weighted by Crippen LogP contribution is 2.33. The van der Waals surface area contributed by atoms with Crippen molar-refractivity contribution in [2.45, 2.75) is 45.4 Å². The van der Waals surface area contributed by atoms with Crippen LogP contribution in [0.25, 0.3) is 10.9 Å². The van der Waals surface area contributed by atoms with Crippen LogP contribution in [0, 0.1) is 6.92 Å². The molecule has 2 N–H and O–H groups in total. The molecule has 0 spiro atoms. The van der Waals surface area contributed by atoms with E-state index in [1.54, 1.807) is 0 Å². The highest BCUT2D eigenvalue weighted by atomic mass is 16.1. The molecule has 1 amide bonds. The molecule has 0 radical (unpaired) electrons. The fraction of sp³-hybridized carbons (Fsp3) is 0.348. The predicted molar refractivity (Wildman–Crippen MR) is 108 cm³/mol. The summed E-state index contributed by atoms with van der Waals surface area (Å²) >= 11 is 0. The summed E-state index contributed by atoms with van der Waals surface area (Å²) in [5, 5.41) is 4.28. The number of carbonyl (C=O) groups is 1. The maximum atomic E-state index is 12.6. The van der Waals surface area contributed by atoms with Gasteiger partial charge in [-0.1, -0.05) is 67.8 Å². The first-order valence-electron chi connectivity index (χ1n) is 9.58. The smallest absolute Gasteiger partial charge is 0.220 e. The van der Waals surface area contributed by atoms with Crippen molar-refractivity contribution in [2.24, 2.45) is 0 Å². The van der Waals surface area contributed by atoms with Crippen LogP contribution in [-0.2, 0) is 4.79 Å². The van der Waals surface area contributed by atoms with Gasteiger partial charge in [-0.2, -0.15) is 0 Å². The van der Waals surface area contributed by atoms with E-state index in [4.69, 9.17) is 0 Å². The molecular weight excluding hydrogens is 320 g/mol. The van der Waals surface area contributed by atoms with Gasteiger partial charge in [0.2, 0.25) is 5.91 Å². The van der Waals surface area contributed by atoms with Crippen LogP contribution in [0.2, 0.25) is 0 Å². The molecule has 1 heterocycles. The Balaban J connectivity index is 1.85. The molecule has 1 aromatic heterocycles. The lowest BCUT2D eigenvalue weighted by Gasteiger charge is -2.17. The van der Waals surface area contributed by atoms with E-state index in [-0.39, 0.29) is 11.8 Å². The molecule has 0 saturated carbocycles. The minimum atomic E-state index is 0.0536. The number of amides is 1. The van der Waals surface area contributed by atoms with Gasteiger partial charge in [0.25, 0.3) is 0 Å². The Morgan fingerprint density at radius 3 is 2.62 bits per heavy atom. The molecule has 3 heteroatoms. The number of aromatic nitrogens is 1. The summed E-state index contributed by atoms with van der Waals surface area (Å²) < 4.78 is 0. The summed E-state index contributed by atoms with van der Waals surface area (Å²) in [7, 11) is 0. The summed E-state index contributed by atoms with van der Waals surface area (Å²) in [5.41, 5.74) is 4.72. The van der Waals surface area contributed by atoms with E-state index < -0.39 is 0 Å². The second-order valence-corrected chi connectivity index (χ2v) is 7.01. The van der Waals surface area contributed by atoms with Crippen molar-refractivity contribution in [1.82, 2.24) is 10.3 Å². The van der Waals surface area contributed by atoms with Gasteiger partial charge in [0.15, 0.2) is 0 Å². The Morgan fingerprint density at radius 2 is 1.85 bits per heavy atom. The first-order valence-corrected chi connectivity index (χ1v) is 9.58. The molecular formula is C23H28N2O. The highest BCUT2D eigenvalue weighted by Gasteiger charge is 2.21. The maximum absolute atomic E-state index is 12.6. The second kappa shape index (κ2) is 8.70. The summed E-state index contributed by atoms with van der Waals surface area (Å²) in [6, 6.07) is 16.8. The van der Waals surface area contributed by atoms with Gasteiger partial charge in [-0.15, -0.1) is 0 Å². The van der Waals surface area contributed by atoms with Crippen LogP contribution in [0.15, 0.2) is 54.7 Å². The van der Waals surface area contributed by atoms with E-state index >= 15 is 0 Å². The van der Waals surface area contributed by atoms with Crippen LogP contribution in [0.3, 0.4) is 0 Å². The minimum Gasteiger partial charge on any atom is -0.361 e. The van der Waals surface area contributed by atoms with Crippen molar-refractivity contribution in [3.63, 3.8) is 0 Å². The van der Waals surface area contributed by atoms with Gasteiger partial charge in [0.1, 0.15) is 0 Å². The molecule has 136 valence electrons. The molecule has 0 unspecified atom stereocenters. The number of unbranched alkanes of at least 4 members (excludes halogenated alkanes) is 2. The Kier molecular flexibility index (Phi) is 6.11. The summed E-state index contributed by atoms with van der Waals surface area (Å²) in [5.74, 6) is 0.176. The molecule has 0 aliphatic carbocycles. The number of aryl methyl sites for hydroxylation is 1. The lowest BCUT2D eigenvalue weighted by Crippen LogP contribution is -2.26. The maximum Gasteiger partial charge on any atom is 0.220 e. The Morgan fingerprint density at radius 1 is 1.08 bits per heavy atom. The van der Waals surface area contributed by atoms with Crippen LogP contribution >= 0.6 is 0 Å². The van der Waals surface area contributed by atoms with Gasteiger partial charge in [0.05, 0.1) is 0 Å². The Hall–Kier alpha value is -2.55. The van der Waals surface area contributed by atoms with Crippen molar-refractivity contribution in [1.29, 1.82) is 0 Å². The number of fused-ring (bicyclic) bond motifs is 1. The number of carbonyl (C=O) groups excluding carboxylic acids is 1. The number of para-hydroxylation sites is 1. The Labute approximate surface area is 155 Å². The predicted octanol–water partition coefficient (Wildman–Crippen LogP) is 5.30. The SMILES string of the molecule is CCCCCNC(=O)C[C@H](c1ccc(C)cc1)c1c[nH]c2ccccc12. The summed E-state index contributed by atoms with van der Waals surface area (Å²) in [6.45, 7) is 5.03. The first-order chi connectivity index (χ1) is 12.7. The first kappa shape index (κ1) is 18.2. The van der Waals surface area contributed by atoms with Crippen molar-refractivity contribution >= 4 is 16.8 Å². The third-order valence-corrected chi connectivity index (χ3v) is 4.97. The lowest BCUT2D eigenvalue weighted by molar-refractivity contribution is -0.121. The zero-order chi connectivity index (χ0) is 18.4. The van der Waals surface area contributed by atoms with Crippen LogP contribution in [-0.4, -0.2) is 17.4 Å². The van der Waals surface area contributed by atoms with E-state index in [9.17, 15) is 4.79 Å². The van der Waals surface area contributed by atoms with Gasteiger partial charge < -0.3 is 10.3 Å². The number of H-pyrrole nitrogens is 1. The number of rotatable bonds is 8. The molecule has 3 nitrogen and oxygen atoms in total. The van der Waals surface area contributed by atoms with Gasteiger partial charge >= 0.3 is 0 Å². The van der Waals surface area contributed by atoms with Crippen LogP contribution in [0.5, 0.6) is 0 Å². The summed E-state index contributed by atoms with van der Waals surface area (Å²) in [6.07, 6.45) is 5.89. The molecule has 1 atom stereocenters. The largest absolute Gasteiger partial charge is 0.361 e. The van der Waals surface area contributed by atoms with E-state index in [1.165, 1.54) is 22.1 Å². The molecule has 3 rings (SSSR count). The quantitative estimate of drug-likeness (QED) is 0.533. The minimum absolute atomic E-state index is 0.0536. The molecule has 0 aliphatic rings. The fourth-order valence-corrected chi connectivity index (χ4v) is 3.45. The van der Waals surface area contributed by atoms with Gasteiger partial charge in [-0.25, -0.2) is 0 Å². The molecule has 3 aromatic rings. The number of aromatic amines is 1. The molecule has 2 aromatic carbocycles. The third-order valence-electron chi connectivity index (χ3n) is 4.97. The molecule has 0 saturated heterocycles. The zero-order valence-electron chi connectivity index (χ0n) is 15.7. The van der Waals surface area contributed by atoms with E-state index in [1.807, 2.05) is 6.07 Å². The van der Waals surface area contributed by atoms with E-state index in [0.717, 1.165) is 31.3 Å². The normalized spacial score (nSPS) is 12.2. The summed E-state index contributed by atoms with van der Waals surface area (Å²) in [4.78, 5) is 15.9. The van der Waals surface area contributed by atoms with Crippen molar-refractivity contribution < 1.29 is 4.79 Å². The number of hydrogen-bond acceptors (Lipinski definition) is 1. The van der Waals surface area contributed by atoms with E-state index in [2.05, 4.69) is 72.8 Å². The van der Waals surface area contributed by atoms with Crippen LogP contribution < -0.4 is 5.32 Å².